The number of nitrogen functional groups attached to an aromatic ring is 1. The molecule has 0 aliphatic carbocycles. The summed E-state index contributed by atoms with van der Waals surface area (Å²) >= 11 is 0. The summed E-state index contributed by atoms with van der Waals surface area (Å²) in [5, 5.41) is 2.71. The van der Waals surface area contributed by atoms with E-state index in [4.69, 9.17) is 11.5 Å². The van der Waals surface area contributed by atoms with E-state index in [1.807, 2.05) is 6.07 Å². The van der Waals surface area contributed by atoms with Crippen molar-refractivity contribution < 1.29 is 14.0 Å². The second-order valence-electron chi connectivity index (χ2n) is 7.06. The standard InChI is InChI=1S/C21H24FN9O2/c1-3-8-31(9-4-2)14-6-5-7-25-19(14)30-21(33)16-17(23)26-11-13(28-16)15-12(22)10-27-20(29-15)18(24)32/h5-7,10-11H,3-4,8-9H2,1-2H3,(H2,23,26)(H2,24,32)(H,25,30,33). The fourth-order valence-corrected chi connectivity index (χ4v) is 3.15. The van der Waals surface area contributed by atoms with Gasteiger partial charge in [-0.1, -0.05) is 13.8 Å². The summed E-state index contributed by atoms with van der Waals surface area (Å²) in [6.45, 7) is 5.70. The van der Waals surface area contributed by atoms with Crippen LogP contribution in [0.2, 0.25) is 0 Å². The number of nitrogens with one attached hydrogen (secondary N) is 1. The average molecular weight is 453 g/mol. The Bertz CT molecular complexity index is 1170. The molecule has 5 N–H and O–H groups in total. The third-order valence-corrected chi connectivity index (χ3v) is 4.57. The van der Waals surface area contributed by atoms with E-state index in [9.17, 15) is 14.0 Å². The molecule has 0 fully saturated rings. The Kier molecular flexibility index (Phi) is 7.38. The predicted molar refractivity (Wildman–Crippen MR) is 121 cm³/mol. The van der Waals surface area contributed by atoms with Crippen LogP contribution in [-0.4, -0.2) is 49.8 Å². The minimum atomic E-state index is -0.941. The molecule has 0 spiro atoms. The minimum absolute atomic E-state index is 0.114. The molecule has 0 aromatic carbocycles. The predicted octanol–water partition coefficient (Wildman–Crippen LogP) is 2.03. The van der Waals surface area contributed by atoms with Gasteiger partial charge < -0.3 is 21.7 Å². The second kappa shape index (κ2) is 10.4. The summed E-state index contributed by atoms with van der Waals surface area (Å²) in [6.07, 6.45) is 5.32. The molecule has 0 saturated heterocycles. The summed E-state index contributed by atoms with van der Waals surface area (Å²) in [4.78, 5) is 46.1. The van der Waals surface area contributed by atoms with Crippen LogP contribution in [0.25, 0.3) is 11.4 Å². The van der Waals surface area contributed by atoms with Gasteiger partial charge >= 0.3 is 0 Å². The number of nitrogens with two attached hydrogens (primary N) is 2. The third-order valence-electron chi connectivity index (χ3n) is 4.57. The van der Waals surface area contributed by atoms with E-state index in [0.29, 0.717) is 5.82 Å². The third kappa shape index (κ3) is 5.34. The van der Waals surface area contributed by atoms with Gasteiger partial charge in [-0.2, -0.15) is 0 Å². The first-order chi connectivity index (χ1) is 15.8. The van der Waals surface area contributed by atoms with Crippen molar-refractivity contribution in [3.63, 3.8) is 0 Å². The van der Waals surface area contributed by atoms with Gasteiger partial charge in [0.05, 0.1) is 18.1 Å². The van der Waals surface area contributed by atoms with Crippen molar-refractivity contribution in [2.45, 2.75) is 26.7 Å². The molecule has 3 aromatic rings. The van der Waals surface area contributed by atoms with Crippen LogP contribution >= 0.6 is 0 Å². The molecule has 0 radical (unpaired) electrons. The molecule has 172 valence electrons. The highest BCUT2D eigenvalue weighted by molar-refractivity contribution is 6.06. The highest BCUT2D eigenvalue weighted by Crippen LogP contribution is 2.25. The monoisotopic (exact) mass is 453 g/mol. The first-order valence-electron chi connectivity index (χ1n) is 10.3. The van der Waals surface area contributed by atoms with Crippen molar-refractivity contribution in [2.24, 2.45) is 5.73 Å². The maximum absolute atomic E-state index is 14.3. The van der Waals surface area contributed by atoms with Crippen LogP contribution in [0.1, 0.15) is 47.8 Å². The Morgan fingerprint density at radius 1 is 1.09 bits per heavy atom. The van der Waals surface area contributed by atoms with Gasteiger partial charge in [-0.15, -0.1) is 0 Å². The summed E-state index contributed by atoms with van der Waals surface area (Å²) in [5.74, 6) is -2.73. The first kappa shape index (κ1) is 23.4. The number of rotatable bonds is 9. The van der Waals surface area contributed by atoms with Gasteiger partial charge in [0.25, 0.3) is 11.8 Å². The number of aromatic nitrogens is 5. The van der Waals surface area contributed by atoms with E-state index in [0.717, 1.165) is 44.0 Å². The fourth-order valence-electron chi connectivity index (χ4n) is 3.15. The zero-order valence-corrected chi connectivity index (χ0v) is 18.2. The van der Waals surface area contributed by atoms with E-state index >= 15 is 0 Å². The number of nitrogens with zero attached hydrogens (tertiary/aromatic N) is 6. The number of primary amides is 1. The van der Waals surface area contributed by atoms with Crippen molar-refractivity contribution in [3.05, 3.63) is 48.1 Å². The van der Waals surface area contributed by atoms with Gasteiger partial charge in [0, 0.05) is 19.3 Å². The number of hydrogen-bond donors (Lipinski definition) is 3. The van der Waals surface area contributed by atoms with Crippen LogP contribution in [0, 0.1) is 5.82 Å². The number of carbonyl (C=O) groups is 2. The molecule has 0 atom stereocenters. The van der Waals surface area contributed by atoms with Crippen molar-refractivity contribution in [1.82, 2.24) is 24.9 Å². The largest absolute Gasteiger partial charge is 0.382 e. The van der Waals surface area contributed by atoms with Crippen molar-refractivity contribution in [1.29, 1.82) is 0 Å². The Morgan fingerprint density at radius 3 is 2.48 bits per heavy atom. The first-order valence-corrected chi connectivity index (χ1v) is 10.3. The highest BCUT2D eigenvalue weighted by Gasteiger charge is 2.21. The Balaban J connectivity index is 1.96. The molecule has 3 heterocycles. The lowest BCUT2D eigenvalue weighted by Crippen LogP contribution is -2.27. The Hall–Kier alpha value is -4.22. The minimum Gasteiger partial charge on any atom is -0.382 e. The lowest BCUT2D eigenvalue weighted by molar-refractivity contribution is 0.0988. The molecule has 0 aliphatic rings. The molecule has 2 amide bonds. The molecule has 3 rings (SSSR count). The fraction of sp³-hybridized carbons (Fsp3) is 0.286. The van der Waals surface area contributed by atoms with E-state index < -0.39 is 23.5 Å². The lowest BCUT2D eigenvalue weighted by Gasteiger charge is -2.25. The van der Waals surface area contributed by atoms with E-state index in [-0.39, 0.29) is 22.9 Å². The number of anilines is 3. The zero-order chi connectivity index (χ0) is 24.0. The van der Waals surface area contributed by atoms with Gasteiger partial charge in [-0.3, -0.25) is 9.59 Å². The molecule has 11 nitrogen and oxygen atoms in total. The summed E-state index contributed by atoms with van der Waals surface area (Å²) < 4.78 is 14.3. The smallest absolute Gasteiger partial charge is 0.286 e. The molecule has 0 bridgehead atoms. The summed E-state index contributed by atoms with van der Waals surface area (Å²) in [7, 11) is 0. The maximum Gasteiger partial charge on any atom is 0.286 e. The second-order valence-corrected chi connectivity index (χ2v) is 7.06. The van der Waals surface area contributed by atoms with Gasteiger partial charge in [-0.25, -0.2) is 29.3 Å². The van der Waals surface area contributed by atoms with Gasteiger partial charge in [0.1, 0.15) is 11.4 Å². The number of hydrogen-bond acceptors (Lipinski definition) is 9. The van der Waals surface area contributed by atoms with Gasteiger partial charge in [-0.05, 0) is 25.0 Å². The zero-order valence-electron chi connectivity index (χ0n) is 18.2. The molecule has 12 heteroatoms. The molecular formula is C21H24FN9O2. The van der Waals surface area contributed by atoms with Gasteiger partial charge in [0.15, 0.2) is 23.1 Å². The van der Waals surface area contributed by atoms with E-state index in [1.165, 1.54) is 0 Å². The average Bonchev–Trinajstić information content (AvgIpc) is 2.80. The van der Waals surface area contributed by atoms with Crippen LogP contribution in [0.5, 0.6) is 0 Å². The molecular weight excluding hydrogens is 429 g/mol. The van der Waals surface area contributed by atoms with E-state index in [2.05, 4.69) is 49.0 Å². The van der Waals surface area contributed by atoms with Crippen LogP contribution in [0.3, 0.4) is 0 Å². The van der Waals surface area contributed by atoms with Crippen LogP contribution in [0.15, 0.2) is 30.7 Å². The summed E-state index contributed by atoms with van der Waals surface area (Å²) in [6, 6.07) is 3.65. The Morgan fingerprint density at radius 2 is 1.82 bits per heavy atom. The number of pyridine rings is 1. The van der Waals surface area contributed by atoms with Crippen LogP contribution < -0.4 is 21.7 Å². The molecule has 0 saturated carbocycles. The quantitative estimate of drug-likeness (QED) is 0.439. The SMILES string of the molecule is CCCN(CCC)c1cccnc1NC(=O)c1nc(-c2nc(C(N)=O)ncc2F)cnc1N. The van der Waals surface area contributed by atoms with E-state index in [1.54, 1.807) is 12.3 Å². The van der Waals surface area contributed by atoms with Gasteiger partial charge in [0.2, 0.25) is 5.82 Å². The molecule has 0 aliphatic heterocycles. The van der Waals surface area contributed by atoms with Crippen LogP contribution in [0.4, 0.5) is 21.7 Å². The van der Waals surface area contributed by atoms with Crippen molar-refractivity contribution in [2.75, 3.05) is 29.0 Å². The van der Waals surface area contributed by atoms with Crippen molar-refractivity contribution >= 4 is 29.1 Å². The topological polar surface area (TPSA) is 166 Å². The summed E-state index contributed by atoms with van der Waals surface area (Å²) in [5.41, 5.74) is 11.1. The number of carbonyl (C=O) groups excluding carboxylic acids is 2. The molecule has 0 unspecified atom stereocenters. The van der Waals surface area contributed by atoms with Crippen LogP contribution in [-0.2, 0) is 0 Å². The Labute approximate surface area is 189 Å². The molecule has 3 aromatic heterocycles. The normalized spacial score (nSPS) is 10.6. The van der Waals surface area contributed by atoms with Crippen molar-refractivity contribution in [3.8, 4) is 11.4 Å². The maximum atomic E-state index is 14.3. The molecule has 33 heavy (non-hydrogen) atoms. The highest BCUT2D eigenvalue weighted by atomic mass is 19.1. The number of halogens is 1. The lowest BCUT2D eigenvalue weighted by atomic mass is 10.2. The number of amides is 2.